The van der Waals surface area contributed by atoms with Gasteiger partial charge < -0.3 is 15.2 Å². The zero-order valence-electron chi connectivity index (χ0n) is 11.3. The Morgan fingerprint density at radius 3 is 2.74 bits per heavy atom. The van der Waals surface area contributed by atoms with Crippen molar-refractivity contribution in [2.75, 3.05) is 0 Å². The summed E-state index contributed by atoms with van der Waals surface area (Å²) in [6, 6.07) is 5.05. The zero-order valence-corrected chi connectivity index (χ0v) is 13.6. The molecule has 0 saturated heterocycles. The minimum Gasteiger partial charge on any atom is -0.425 e. The molecule has 0 fully saturated rings. The first-order chi connectivity index (χ1) is 11.0. The Morgan fingerprint density at radius 2 is 2.09 bits per heavy atom. The second kappa shape index (κ2) is 6.37. The van der Waals surface area contributed by atoms with Crippen LogP contribution >= 0.6 is 34.8 Å². The van der Waals surface area contributed by atoms with E-state index in [0.717, 1.165) is 0 Å². The number of aliphatic hydroxyl groups excluding tert-OH is 1. The molecular formula is C13H9Cl3N4O3. The van der Waals surface area contributed by atoms with Gasteiger partial charge in [-0.15, -0.1) is 5.10 Å². The molecule has 2 N–H and O–H groups in total. The number of benzene rings is 1. The third-order valence-corrected chi connectivity index (χ3v) is 4.15. The SMILES string of the molecule is O=C1OC(O)C(NCc2cn(-c3ccc(Cl)c(Cl)c3)nn2)=C1Cl. The largest absolute Gasteiger partial charge is 0.425 e. The van der Waals surface area contributed by atoms with Gasteiger partial charge in [-0.05, 0) is 18.2 Å². The van der Waals surface area contributed by atoms with E-state index < -0.39 is 12.3 Å². The van der Waals surface area contributed by atoms with Crippen LogP contribution in [0.5, 0.6) is 0 Å². The van der Waals surface area contributed by atoms with Crippen LogP contribution in [-0.2, 0) is 16.1 Å². The molecule has 0 saturated carbocycles. The molecule has 1 unspecified atom stereocenters. The molecule has 3 rings (SSSR count). The molecule has 1 aromatic heterocycles. The van der Waals surface area contributed by atoms with E-state index in [1.165, 1.54) is 4.68 Å². The number of carbonyl (C=O) groups is 1. The van der Waals surface area contributed by atoms with Crippen LogP contribution in [0.2, 0.25) is 10.0 Å². The summed E-state index contributed by atoms with van der Waals surface area (Å²) >= 11 is 17.6. The molecular weight excluding hydrogens is 367 g/mol. The molecule has 0 amide bonds. The van der Waals surface area contributed by atoms with E-state index >= 15 is 0 Å². The van der Waals surface area contributed by atoms with Crippen molar-refractivity contribution in [3.63, 3.8) is 0 Å². The van der Waals surface area contributed by atoms with Crippen LogP contribution in [0.15, 0.2) is 35.1 Å². The van der Waals surface area contributed by atoms with Gasteiger partial charge >= 0.3 is 5.97 Å². The monoisotopic (exact) mass is 374 g/mol. The predicted octanol–water partition coefficient (Wildman–Crippen LogP) is 1.99. The van der Waals surface area contributed by atoms with Gasteiger partial charge in [-0.25, -0.2) is 9.48 Å². The lowest BCUT2D eigenvalue weighted by Gasteiger charge is -2.08. The summed E-state index contributed by atoms with van der Waals surface area (Å²) in [5.74, 6) is -0.777. The second-order valence-corrected chi connectivity index (χ2v) is 5.78. The normalized spacial score (nSPS) is 17.6. The number of aromatic nitrogens is 3. The summed E-state index contributed by atoms with van der Waals surface area (Å²) in [7, 11) is 0. The first-order valence-corrected chi connectivity index (χ1v) is 7.48. The maximum Gasteiger partial charge on any atom is 0.354 e. The number of carbonyl (C=O) groups excluding carboxylic acids is 1. The first kappa shape index (κ1) is 16.1. The number of hydrogen-bond donors (Lipinski definition) is 2. The third kappa shape index (κ3) is 3.28. The fourth-order valence-electron chi connectivity index (χ4n) is 1.91. The van der Waals surface area contributed by atoms with E-state index in [-0.39, 0.29) is 17.3 Å². The van der Waals surface area contributed by atoms with Gasteiger partial charge in [0.2, 0.25) is 6.29 Å². The smallest absolute Gasteiger partial charge is 0.354 e. The highest BCUT2D eigenvalue weighted by atomic mass is 35.5. The lowest BCUT2D eigenvalue weighted by atomic mass is 10.3. The van der Waals surface area contributed by atoms with Gasteiger partial charge in [0, 0.05) is 0 Å². The van der Waals surface area contributed by atoms with Crippen LogP contribution in [0.3, 0.4) is 0 Å². The molecule has 0 spiro atoms. The zero-order chi connectivity index (χ0) is 16.6. The molecule has 120 valence electrons. The number of cyclic esters (lactones) is 1. The highest BCUT2D eigenvalue weighted by Crippen LogP contribution is 2.24. The standard InChI is InChI=1S/C13H9Cl3N4O3/c14-8-2-1-7(3-9(8)15)20-5-6(18-19-20)4-17-11-10(16)12(21)23-13(11)22/h1-3,5,13,17,22H,4H2. The van der Waals surface area contributed by atoms with Crippen molar-refractivity contribution < 1.29 is 14.6 Å². The fraction of sp³-hybridized carbons (Fsp3) is 0.154. The molecule has 1 aliphatic rings. The lowest BCUT2D eigenvalue weighted by Crippen LogP contribution is -2.22. The maximum absolute atomic E-state index is 11.2. The van der Waals surface area contributed by atoms with Gasteiger partial charge in [-0.2, -0.15) is 0 Å². The van der Waals surface area contributed by atoms with Crippen molar-refractivity contribution in [2.45, 2.75) is 12.8 Å². The number of aliphatic hydroxyl groups is 1. The summed E-state index contributed by atoms with van der Waals surface area (Å²) in [5, 5.41) is 20.9. The minimum atomic E-state index is -1.40. The Bertz CT molecular complexity index is 806. The van der Waals surface area contributed by atoms with Gasteiger partial charge in [-0.3, -0.25) is 0 Å². The summed E-state index contributed by atoms with van der Waals surface area (Å²) in [5.41, 5.74) is 1.34. The average molecular weight is 376 g/mol. The Kier molecular flexibility index (Phi) is 4.45. The van der Waals surface area contributed by atoms with E-state index in [4.69, 9.17) is 34.8 Å². The van der Waals surface area contributed by atoms with Crippen molar-refractivity contribution in [1.82, 2.24) is 20.3 Å². The van der Waals surface area contributed by atoms with Gasteiger partial charge in [0.15, 0.2) is 5.03 Å². The maximum atomic E-state index is 11.2. The van der Waals surface area contributed by atoms with Gasteiger partial charge in [0.05, 0.1) is 28.5 Å². The number of rotatable bonds is 4. The van der Waals surface area contributed by atoms with Crippen molar-refractivity contribution in [3.05, 3.63) is 50.9 Å². The molecule has 0 bridgehead atoms. The van der Waals surface area contributed by atoms with Gasteiger partial charge in [-0.1, -0.05) is 40.0 Å². The molecule has 1 atom stereocenters. The van der Waals surface area contributed by atoms with Crippen LogP contribution in [0.4, 0.5) is 0 Å². The van der Waals surface area contributed by atoms with Crippen LogP contribution in [-0.4, -0.2) is 32.4 Å². The summed E-state index contributed by atoms with van der Waals surface area (Å²) in [6.45, 7) is 0.195. The quantitative estimate of drug-likeness (QED) is 0.795. The minimum absolute atomic E-state index is 0.0979. The number of nitrogens with one attached hydrogen (secondary N) is 1. The van der Waals surface area contributed by atoms with Crippen LogP contribution < -0.4 is 5.32 Å². The molecule has 23 heavy (non-hydrogen) atoms. The summed E-state index contributed by atoms with van der Waals surface area (Å²) in [4.78, 5) is 11.2. The average Bonchev–Trinajstić information content (AvgIpc) is 3.07. The van der Waals surface area contributed by atoms with Crippen molar-refractivity contribution >= 4 is 40.8 Å². The Hall–Kier alpha value is -1.80. The molecule has 7 nitrogen and oxygen atoms in total. The van der Waals surface area contributed by atoms with Gasteiger partial charge in [0.25, 0.3) is 0 Å². The van der Waals surface area contributed by atoms with E-state index in [1.807, 2.05) is 0 Å². The Labute approximate surface area is 145 Å². The van der Waals surface area contributed by atoms with Crippen LogP contribution in [0.1, 0.15) is 5.69 Å². The van der Waals surface area contributed by atoms with Crippen molar-refractivity contribution in [2.24, 2.45) is 0 Å². The fourth-order valence-corrected chi connectivity index (χ4v) is 2.41. The first-order valence-electron chi connectivity index (χ1n) is 6.35. The lowest BCUT2D eigenvalue weighted by molar-refractivity contribution is -0.151. The van der Waals surface area contributed by atoms with Gasteiger partial charge in [0.1, 0.15) is 11.4 Å². The van der Waals surface area contributed by atoms with Crippen molar-refractivity contribution in [3.8, 4) is 5.69 Å². The van der Waals surface area contributed by atoms with E-state index in [9.17, 15) is 9.90 Å². The third-order valence-electron chi connectivity index (χ3n) is 3.05. The number of esters is 1. The summed E-state index contributed by atoms with van der Waals surface area (Å²) in [6.07, 6.45) is 0.255. The highest BCUT2D eigenvalue weighted by Gasteiger charge is 2.31. The second-order valence-electron chi connectivity index (χ2n) is 4.59. The molecule has 0 radical (unpaired) electrons. The number of hydrogen-bond acceptors (Lipinski definition) is 6. The molecule has 10 heteroatoms. The highest BCUT2D eigenvalue weighted by molar-refractivity contribution is 6.42. The molecule has 1 aromatic carbocycles. The number of halogens is 3. The molecule has 0 aliphatic carbocycles. The number of nitrogens with zero attached hydrogens (tertiary/aromatic N) is 3. The number of ether oxygens (including phenoxy) is 1. The molecule has 2 heterocycles. The van der Waals surface area contributed by atoms with E-state index in [2.05, 4.69) is 20.4 Å². The van der Waals surface area contributed by atoms with E-state index in [1.54, 1.807) is 24.4 Å². The molecule has 2 aromatic rings. The predicted molar refractivity (Wildman–Crippen MR) is 83.2 cm³/mol. The van der Waals surface area contributed by atoms with Crippen LogP contribution in [0.25, 0.3) is 5.69 Å². The van der Waals surface area contributed by atoms with Crippen molar-refractivity contribution in [1.29, 1.82) is 0 Å². The van der Waals surface area contributed by atoms with Crippen LogP contribution in [0, 0.1) is 0 Å². The Morgan fingerprint density at radius 1 is 1.30 bits per heavy atom. The summed E-state index contributed by atoms with van der Waals surface area (Å²) < 4.78 is 6.07. The topological polar surface area (TPSA) is 89.3 Å². The Balaban J connectivity index is 1.73. The van der Waals surface area contributed by atoms with E-state index in [0.29, 0.717) is 21.4 Å². The molecule has 1 aliphatic heterocycles.